The molecule has 0 spiro atoms. The number of aliphatic carboxylic acids is 1. The van der Waals surface area contributed by atoms with E-state index in [1.54, 1.807) is 0 Å². The summed E-state index contributed by atoms with van der Waals surface area (Å²) in [5, 5.41) is 8.38. The Kier molecular flexibility index (Phi) is 3.72. The number of carboxylic acids is 1. The summed E-state index contributed by atoms with van der Waals surface area (Å²) < 4.78 is 39.6. The Morgan fingerprint density at radius 3 is 2.35 bits per heavy atom. The maximum Gasteiger partial charge on any atom is 0.573 e. The van der Waals surface area contributed by atoms with Crippen molar-refractivity contribution in [2.24, 2.45) is 0 Å². The molecule has 1 aromatic carbocycles. The van der Waals surface area contributed by atoms with Crippen molar-refractivity contribution >= 4 is 11.8 Å². The van der Waals surface area contributed by atoms with Gasteiger partial charge in [-0.1, -0.05) is 12.1 Å². The first-order valence-corrected chi connectivity index (χ1v) is 4.39. The Morgan fingerprint density at radius 2 is 1.82 bits per heavy atom. The number of para-hydroxylation sites is 1. The van der Waals surface area contributed by atoms with Crippen LogP contribution in [0.2, 0.25) is 0 Å². The van der Waals surface area contributed by atoms with Gasteiger partial charge in [0.1, 0.15) is 12.2 Å². The molecule has 0 amide bonds. The van der Waals surface area contributed by atoms with Crippen molar-refractivity contribution in [2.45, 2.75) is 12.8 Å². The van der Waals surface area contributed by atoms with Crippen LogP contribution in [-0.4, -0.2) is 23.2 Å². The molecule has 0 fully saturated rings. The molecular weight excluding hydrogens is 241 g/mol. The number of alkyl halides is 3. The van der Waals surface area contributed by atoms with Crippen LogP contribution in [0.4, 0.5) is 13.2 Å². The van der Waals surface area contributed by atoms with Crippen LogP contribution in [0, 0.1) is 0 Å². The van der Waals surface area contributed by atoms with Gasteiger partial charge in [0.2, 0.25) is 0 Å². The summed E-state index contributed by atoms with van der Waals surface area (Å²) in [6.07, 6.45) is -5.82. The highest BCUT2D eigenvalue weighted by atomic mass is 19.4. The molecule has 1 aromatic rings. The van der Waals surface area contributed by atoms with E-state index in [0.717, 1.165) is 12.1 Å². The molecule has 0 unspecified atom stereocenters. The second kappa shape index (κ2) is 4.86. The van der Waals surface area contributed by atoms with Crippen molar-refractivity contribution in [1.29, 1.82) is 0 Å². The van der Waals surface area contributed by atoms with Gasteiger partial charge < -0.3 is 9.84 Å². The van der Waals surface area contributed by atoms with Crippen LogP contribution >= 0.6 is 0 Å². The third-order valence-corrected chi connectivity index (χ3v) is 1.72. The smallest absolute Gasteiger partial charge is 0.481 e. The first-order valence-electron chi connectivity index (χ1n) is 4.39. The Balaban J connectivity index is 2.99. The van der Waals surface area contributed by atoms with Crippen LogP contribution in [-0.2, 0) is 4.79 Å². The minimum Gasteiger partial charge on any atom is -0.481 e. The standard InChI is InChI=1S/C10H7F3O4/c11-10(12,13)17-8-4-2-1-3-6(8)7(14)5-9(15)16/h1-4H,5H2,(H,15,16). The summed E-state index contributed by atoms with van der Waals surface area (Å²) in [6, 6.07) is 4.59. The van der Waals surface area contributed by atoms with Crippen LogP contribution in [0.5, 0.6) is 5.75 Å². The minimum absolute atomic E-state index is 0.410. The molecule has 0 aliphatic carbocycles. The van der Waals surface area contributed by atoms with Gasteiger partial charge in [0.15, 0.2) is 5.78 Å². The average Bonchev–Trinajstić information content (AvgIpc) is 2.14. The number of benzene rings is 1. The molecule has 1 N–H and O–H groups in total. The van der Waals surface area contributed by atoms with E-state index in [2.05, 4.69) is 4.74 Å². The first kappa shape index (κ1) is 13.0. The second-order valence-corrected chi connectivity index (χ2v) is 3.04. The fraction of sp³-hybridized carbons (Fsp3) is 0.200. The minimum atomic E-state index is -4.93. The van der Waals surface area contributed by atoms with E-state index in [1.807, 2.05) is 0 Å². The first-order chi connectivity index (χ1) is 7.79. The zero-order valence-corrected chi connectivity index (χ0v) is 8.32. The molecule has 17 heavy (non-hydrogen) atoms. The number of ketones is 1. The Morgan fingerprint density at radius 1 is 1.24 bits per heavy atom. The van der Waals surface area contributed by atoms with Gasteiger partial charge >= 0.3 is 12.3 Å². The maximum atomic E-state index is 12.0. The summed E-state index contributed by atoms with van der Waals surface area (Å²) in [5.74, 6) is -3.07. The van der Waals surface area contributed by atoms with E-state index in [0.29, 0.717) is 0 Å². The van der Waals surface area contributed by atoms with Crippen LogP contribution < -0.4 is 4.74 Å². The zero-order valence-electron chi connectivity index (χ0n) is 8.32. The predicted octanol–water partition coefficient (Wildman–Crippen LogP) is 2.24. The number of carbonyl (C=O) groups excluding carboxylic acids is 1. The van der Waals surface area contributed by atoms with Crippen molar-refractivity contribution < 1.29 is 32.6 Å². The van der Waals surface area contributed by atoms with Crippen molar-refractivity contribution in [2.75, 3.05) is 0 Å². The van der Waals surface area contributed by atoms with Crippen molar-refractivity contribution in [1.82, 2.24) is 0 Å². The largest absolute Gasteiger partial charge is 0.573 e. The third-order valence-electron chi connectivity index (χ3n) is 1.72. The lowest BCUT2D eigenvalue weighted by Crippen LogP contribution is -2.19. The maximum absolute atomic E-state index is 12.0. The van der Waals surface area contributed by atoms with Gasteiger partial charge in [-0.3, -0.25) is 9.59 Å². The molecule has 4 nitrogen and oxygen atoms in total. The van der Waals surface area contributed by atoms with E-state index in [9.17, 15) is 22.8 Å². The Bertz CT molecular complexity index is 439. The van der Waals surface area contributed by atoms with Gasteiger partial charge in [0.05, 0.1) is 5.56 Å². The number of carboxylic acid groups (broad SMARTS) is 1. The van der Waals surface area contributed by atoms with Crippen molar-refractivity contribution in [3.05, 3.63) is 29.8 Å². The van der Waals surface area contributed by atoms with E-state index in [-0.39, 0.29) is 0 Å². The summed E-state index contributed by atoms with van der Waals surface area (Å²) >= 11 is 0. The van der Waals surface area contributed by atoms with Crippen molar-refractivity contribution in [3.8, 4) is 5.75 Å². The quantitative estimate of drug-likeness (QED) is 0.655. The predicted molar refractivity (Wildman–Crippen MR) is 49.7 cm³/mol. The van der Waals surface area contributed by atoms with Gasteiger partial charge in [0.25, 0.3) is 0 Å². The monoisotopic (exact) mass is 248 g/mol. The highest BCUT2D eigenvalue weighted by Crippen LogP contribution is 2.26. The van der Waals surface area contributed by atoms with Gasteiger partial charge in [-0.2, -0.15) is 0 Å². The summed E-state index contributed by atoms with van der Waals surface area (Å²) in [4.78, 5) is 21.6. The number of hydrogen-bond donors (Lipinski definition) is 1. The van der Waals surface area contributed by atoms with Gasteiger partial charge in [-0.05, 0) is 12.1 Å². The van der Waals surface area contributed by atoms with E-state index >= 15 is 0 Å². The molecule has 1 rings (SSSR count). The summed E-state index contributed by atoms with van der Waals surface area (Å²) in [7, 11) is 0. The lowest BCUT2D eigenvalue weighted by molar-refractivity contribution is -0.274. The molecule has 0 aliphatic heterocycles. The average molecular weight is 248 g/mol. The molecular formula is C10H7F3O4. The zero-order chi connectivity index (χ0) is 13.1. The highest BCUT2D eigenvalue weighted by Gasteiger charge is 2.32. The summed E-state index contributed by atoms with van der Waals surface area (Å²) in [6.45, 7) is 0. The van der Waals surface area contributed by atoms with Crippen LogP contribution in [0.15, 0.2) is 24.3 Å². The van der Waals surface area contributed by atoms with Gasteiger partial charge in [0, 0.05) is 0 Å². The van der Waals surface area contributed by atoms with Crippen LogP contribution in [0.1, 0.15) is 16.8 Å². The van der Waals surface area contributed by atoms with E-state index in [4.69, 9.17) is 5.11 Å². The Hall–Kier alpha value is -2.05. The SMILES string of the molecule is O=C(O)CC(=O)c1ccccc1OC(F)(F)F. The van der Waals surface area contributed by atoms with Crippen LogP contribution in [0.25, 0.3) is 0 Å². The molecule has 0 saturated heterocycles. The normalized spacial score (nSPS) is 11.0. The number of Topliss-reactive ketones (excluding diaryl/α,β-unsaturated/α-hetero) is 1. The summed E-state index contributed by atoms with van der Waals surface area (Å²) in [5.41, 5.74) is -0.410. The van der Waals surface area contributed by atoms with Gasteiger partial charge in [-0.25, -0.2) is 0 Å². The third kappa shape index (κ3) is 4.13. The number of rotatable bonds is 4. The molecule has 0 aliphatic rings. The fourth-order valence-corrected chi connectivity index (χ4v) is 1.14. The molecule has 0 heterocycles. The van der Waals surface area contributed by atoms with Crippen LogP contribution in [0.3, 0.4) is 0 Å². The molecule has 0 aromatic heterocycles. The van der Waals surface area contributed by atoms with Crippen molar-refractivity contribution in [3.63, 3.8) is 0 Å². The number of hydrogen-bond acceptors (Lipinski definition) is 3. The number of carbonyl (C=O) groups is 2. The molecule has 0 atom stereocenters. The highest BCUT2D eigenvalue weighted by molar-refractivity contribution is 6.07. The Labute approximate surface area is 93.6 Å². The van der Waals surface area contributed by atoms with E-state index in [1.165, 1.54) is 12.1 Å². The lowest BCUT2D eigenvalue weighted by Gasteiger charge is -2.11. The number of ether oxygens (including phenoxy) is 1. The lowest BCUT2D eigenvalue weighted by atomic mass is 10.1. The molecule has 0 radical (unpaired) electrons. The van der Waals surface area contributed by atoms with E-state index < -0.39 is 35.8 Å². The molecule has 0 saturated carbocycles. The molecule has 7 heteroatoms. The fourth-order valence-electron chi connectivity index (χ4n) is 1.14. The molecule has 92 valence electrons. The molecule has 0 bridgehead atoms. The second-order valence-electron chi connectivity index (χ2n) is 3.04. The number of halogens is 3. The van der Waals surface area contributed by atoms with Gasteiger partial charge in [-0.15, -0.1) is 13.2 Å². The topological polar surface area (TPSA) is 63.6 Å².